The van der Waals surface area contributed by atoms with E-state index in [-0.39, 0.29) is 5.91 Å². The van der Waals surface area contributed by atoms with Crippen LogP contribution in [0.1, 0.15) is 45.7 Å². The van der Waals surface area contributed by atoms with Crippen molar-refractivity contribution in [1.82, 2.24) is 20.4 Å². The maximum Gasteiger partial charge on any atom is 0.271 e. The summed E-state index contributed by atoms with van der Waals surface area (Å²) in [7, 11) is 0. The number of aryl methyl sites for hydroxylation is 2. The van der Waals surface area contributed by atoms with Crippen LogP contribution in [0.2, 0.25) is 0 Å². The lowest BCUT2D eigenvalue weighted by atomic mass is 9.96. The maximum absolute atomic E-state index is 12.3. The predicted molar refractivity (Wildman–Crippen MR) is 96.4 cm³/mol. The highest BCUT2D eigenvalue weighted by molar-refractivity contribution is 5.92. The summed E-state index contributed by atoms with van der Waals surface area (Å²) in [5, 5.41) is 11.3. The Hall–Kier alpha value is -2.27. The summed E-state index contributed by atoms with van der Waals surface area (Å²) < 4.78 is 0. The Bertz CT molecular complexity index is 774. The van der Waals surface area contributed by atoms with Crippen molar-refractivity contribution in [2.45, 2.75) is 38.6 Å². The van der Waals surface area contributed by atoms with Gasteiger partial charge in [0, 0.05) is 26.2 Å². The first-order chi connectivity index (χ1) is 12.3. The summed E-state index contributed by atoms with van der Waals surface area (Å²) in [5.74, 6) is -0.113. The van der Waals surface area contributed by atoms with Crippen LogP contribution in [-0.4, -0.2) is 40.6 Å². The molecule has 0 atom stereocenters. The van der Waals surface area contributed by atoms with Crippen molar-refractivity contribution in [3.8, 4) is 0 Å². The quantitative estimate of drug-likeness (QED) is 0.929. The van der Waals surface area contributed by atoms with Gasteiger partial charge in [-0.1, -0.05) is 24.3 Å². The largest absolute Gasteiger partial charge is 0.349 e. The Morgan fingerprint density at radius 1 is 1.04 bits per heavy atom. The van der Waals surface area contributed by atoms with Crippen LogP contribution < -0.4 is 5.32 Å². The second-order valence-electron chi connectivity index (χ2n) is 6.96. The fourth-order valence-electron chi connectivity index (χ4n) is 3.76. The fraction of sp³-hybridized carbons (Fsp3) is 0.450. The first kappa shape index (κ1) is 16.2. The summed E-state index contributed by atoms with van der Waals surface area (Å²) in [4.78, 5) is 14.7. The zero-order chi connectivity index (χ0) is 17.1. The Labute approximate surface area is 148 Å². The number of rotatable bonds is 4. The summed E-state index contributed by atoms with van der Waals surface area (Å²) >= 11 is 0. The van der Waals surface area contributed by atoms with Crippen molar-refractivity contribution in [2.75, 3.05) is 19.6 Å². The van der Waals surface area contributed by atoms with Crippen LogP contribution in [0.5, 0.6) is 0 Å². The van der Waals surface area contributed by atoms with E-state index in [0.29, 0.717) is 12.2 Å². The van der Waals surface area contributed by atoms with E-state index in [1.807, 2.05) is 6.07 Å². The Morgan fingerprint density at radius 3 is 2.80 bits per heavy atom. The smallest absolute Gasteiger partial charge is 0.271 e. The van der Waals surface area contributed by atoms with Crippen molar-refractivity contribution < 1.29 is 4.79 Å². The number of benzene rings is 1. The topological polar surface area (TPSA) is 58.1 Å². The molecule has 4 rings (SSSR count). The summed E-state index contributed by atoms with van der Waals surface area (Å²) in [5.41, 5.74) is 5.56. The SMILES string of the molecule is O=C(NCCN1CCc2ccccc2C1)c1cc2c(nn1)CCCC2. The maximum atomic E-state index is 12.3. The molecule has 5 nitrogen and oxygen atoms in total. The van der Waals surface area contributed by atoms with Gasteiger partial charge in [0.25, 0.3) is 5.91 Å². The van der Waals surface area contributed by atoms with E-state index in [9.17, 15) is 4.79 Å². The lowest BCUT2D eigenvalue weighted by molar-refractivity contribution is 0.0941. The van der Waals surface area contributed by atoms with Crippen molar-refractivity contribution in [3.05, 3.63) is 58.4 Å². The van der Waals surface area contributed by atoms with Crippen LogP contribution in [0.3, 0.4) is 0 Å². The molecule has 1 aliphatic carbocycles. The second kappa shape index (κ2) is 7.31. The highest BCUT2D eigenvalue weighted by Gasteiger charge is 2.17. The van der Waals surface area contributed by atoms with Gasteiger partial charge in [0.05, 0.1) is 5.69 Å². The number of nitrogens with zero attached hydrogens (tertiary/aromatic N) is 3. The molecule has 25 heavy (non-hydrogen) atoms. The van der Waals surface area contributed by atoms with Crippen LogP contribution >= 0.6 is 0 Å². The average Bonchev–Trinajstić information content (AvgIpc) is 2.67. The lowest BCUT2D eigenvalue weighted by Gasteiger charge is -2.28. The van der Waals surface area contributed by atoms with Crippen LogP contribution in [0.15, 0.2) is 30.3 Å². The van der Waals surface area contributed by atoms with E-state index < -0.39 is 0 Å². The van der Waals surface area contributed by atoms with Gasteiger partial charge in [-0.25, -0.2) is 0 Å². The molecule has 1 amide bonds. The van der Waals surface area contributed by atoms with Crippen LogP contribution in [0.25, 0.3) is 0 Å². The number of aromatic nitrogens is 2. The number of amides is 1. The summed E-state index contributed by atoms with van der Waals surface area (Å²) in [6.07, 6.45) is 5.43. The highest BCUT2D eigenvalue weighted by atomic mass is 16.1. The van der Waals surface area contributed by atoms with Gasteiger partial charge in [-0.15, -0.1) is 5.10 Å². The Morgan fingerprint density at radius 2 is 1.88 bits per heavy atom. The highest BCUT2D eigenvalue weighted by Crippen LogP contribution is 2.19. The van der Waals surface area contributed by atoms with Crippen LogP contribution in [0, 0.1) is 0 Å². The van der Waals surface area contributed by atoms with Crippen molar-refractivity contribution in [3.63, 3.8) is 0 Å². The molecule has 1 N–H and O–H groups in total. The van der Waals surface area contributed by atoms with Crippen molar-refractivity contribution >= 4 is 5.91 Å². The molecule has 1 aromatic heterocycles. The van der Waals surface area contributed by atoms with Gasteiger partial charge in [0.1, 0.15) is 0 Å². The molecule has 0 bridgehead atoms. The molecule has 5 heteroatoms. The van der Waals surface area contributed by atoms with Gasteiger partial charge >= 0.3 is 0 Å². The molecular formula is C20H24N4O. The number of nitrogens with one attached hydrogen (secondary N) is 1. The summed E-state index contributed by atoms with van der Waals surface area (Å²) in [6, 6.07) is 10.5. The molecule has 0 fully saturated rings. The molecule has 2 heterocycles. The van der Waals surface area contributed by atoms with Crippen LogP contribution in [0.4, 0.5) is 0 Å². The van der Waals surface area contributed by atoms with Gasteiger partial charge in [-0.2, -0.15) is 5.10 Å². The molecule has 0 saturated carbocycles. The number of carbonyl (C=O) groups is 1. The molecule has 0 saturated heterocycles. The van der Waals surface area contributed by atoms with Crippen LogP contribution in [-0.2, 0) is 25.8 Å². The van der Waals surface area contributed by atoms with E-state index in [1.165, 1.54) is 29.5 Å². The third-order valence-corrected chi connectivity index (χ3v) is 5.23. The second-order valence-corrected chi connectivity index (χ2v) is 6.96. The zero-order valence-corrected chi connectivity index (χ0v) is 14.5. The summed E-state index contributed by atoms with van der Waals surface area (Å²) in [6.45, 7) is 3.51. The first-order valence-corrected chi connectivity index (χ1v) is 9.22. The van der Waals surface area contributed by atoms with Gasteiger partial charge in [-0.3, -0.25) is 9.69 Å². The minimum absolute atomic E-state index is 0.113. The molecule has 0 unspecified atom stereocenters. The van der Waals surface area contributed by atoms with Crippen molar-refractivity contribution in [2.24, 2.45) is 0 Å². The van der Waals surface area contributed by atoms with Gasteiger partial charge in [-0.05, 0) is 54.9 Å². The van der Waals surface area contributed by atoms with E-state index in [1.54, 1.807) is 0 Å². The molecule has 2 aliphatic rings. The molecule has 1 aliphatic heterocycles. The van der Waals surface area contributed by atoms with E-state index >= 15 is 0 Å². The number of hydrogen-bond donors (Lipinski definition) is 1. The van der Waals surface area contributed by atoms with Gasteiger partial charge in [0.2, 0.25) is 0 Å². The van der Waals surface area contributed by atoms with Crippen molar-refractivity contribution in [1.29, 1.82) is 0 Å². The number of carbonyl (C=O) groups excluding carboxylic acids is 1. The Kier molecular flexibility index (Phi) is 4.74. The van der Waals surface area contributed by atoms with Gasteiger partial charge < -0.3 is 5.32 Å². The Balaban J connectivity index is 1.30. The predicted octanol–water partition coefficient (Wildman–Crippen LogP) is 2.14. The standard InChI is InChI=1S/C20H24N4O/c25-20(19-13-16-6-3-4-8-18(16)22-23-19)21-10-12-24-11-9-15-5-1-2-7-17(15)14-24/h1-2,5,7,13H,3-4,6,8-12,14H2,(H,21,25). The minimum atomic E-state index is -0.113. The normalized spacial score (nSPS) is 16.8. The van der Waals surface area contributed by atoms with E-state index in [4.69, 9.17) is 0 Å². The minimum Gasteiger partial charge on any atom is -0.349 e. The third kappa shape index (κ3) is 3.71. The molecule has 2 aromatic rings. The monoisotopic (exact) mass is 336 g/mol. The molecule has 130 valence electrons. The first-order valence-electron chi connectivity index (χ1n) is 9.22. The number of fused-ring (bicyclic) bond motifs is 2. The van der Waals surface area contributed by atoms with Gasteiger partial charge in [0.15, 0.2) is 5.69 Å². The van der Waals surface area contributed by atoms with E-state index in [2.05, 4.69) is 44.7 Å². The third-order valence-electron chi connectivity index (χ3n) is 5.23. The molecular weight excluding hydrogens is 312 g/mol. The molecule has 0 spiro atoms. The fourth-order valence-corrected chi connectivity index (χ4v) is 3.76. The van der Waals surface area contributed by atoms with E-state index in [0.717, 1.165) is 44.6 Å². The average molecular weight is 336 g/mol. The molecule has 0 radical (unpaired) electrons. The molecule has 1 aromatic carbocycles. The lowest BCUT2D eigenvalue weighted by Crippen LogP contribution is -2.38. The number of hydrogen-bond acceptors (Lipinski definition) is 4. The zero-order valence-electron chi connectivity index (χ0n) is 14.5.